The van der Waals surface area contributed by atoms with Gasteiger partial charge in [0.15, 0.2) is 0 Å². The van der Waals surface area contributed by atoms with Crippen LogP contribution in [0.4, 0.5) is 4.39 Å². The van der Waals surface area contributed by atoms with E-state index in [1.165, 1.54) is 25.7 Å². The summed E-state index contributed by atoms with van der Waals surface area (Å²) in [6, 6.07) is 0. The molecule has 0 nitrogen and oxygen atoms in total. The highest BCUT2D eigenvalue weighted by atomic mass is 19.1. The maximum absolute atomic E-state index is 12.9. The molecule has 0 aromatic carbocycles. The van der Waals surface area contributed by atoms with Gasteiger partial charge in [0.25, 0.3) is 0 Å². The summed E-state index contributed by atoms with van der Waals surface area (Å²) in [5, 5.41) is 0. The summed E-state index contributed by atoms with van der Waals surface area (Å²) in [6.45, 7) is 7.43. The molecule has 0 unspecified atom stereocenters. The average molecular weight is 184 g/mol. The van der Waals surface area contributed by atoms with E-state index in [1.807, 2.05) is 0 Å². The lowest BCUT2D eigenvalue weighted by molar-refractivity contribution is 0.617. The van der Waals surface area contributed by atoms with Crippen molar-refractivity contribution in [3.8, 4) is 0 Å². The molecule has 0 atom stereocenters. The van der Waals surface area contributed by atoms with E-state index < -0.39 is 0 Å². The minimum Gasteiger partial charge on any atom is -0.207 e. The first-order valence-corrected chi connectivity index (χ1v) is 5.20. The third kappa shape index (κ3) is 7.76. The Balaban J connectivity index is 3.34. The molecule has 0 radical (unpaired) electrons. The number of allylic oxidation sites excluding steroid dienone is 3. The van der Waals surface area contributed by atoms with E-state index in [0.29, 0.717) is 5.57 Å². The Labute approximate surface area is 81.5 Å². The van der Waals surface area contributed by atoms with Gasteiger partial charge in [0, 0.05) is 0 Å². The Bertz CT molecular complexity index is 168. The van der Waals surface area contributed by atoms with Crippen molar-refractivity contribution in [2.24, 2.45) is 0 Å². The van der Waals surface area contributed by atoms with Crippen LogP contribution >= 0.6 is 0 Å². The van der Waals surface area contributed by atoms with Gasteiger partial charge in [0.05, 0.1) is 0 Å². The Morgan fingerprint density at radius 2 is 1.85 bits per heavy atom. The van der Waals surface area contributed by atoms with Gasteiger partial charge in [-0.3, -0.25) is 0 Å². The molecule has 0 aromatic rings. The molecule has 0 aliphatic heterocycles. The van der Waals surface area contributed by atoms with Gasteiger partial charge >= 0.3 is 0 Å². The van der Waals surface area contributed by atoms with Gasteiger partial charge < -0.3 is 0 Å². The van der Waals surface area contributed by atoms with Gasteiger partial charge in [-0.1, -0.05) is 39.2 Å². The van der Waals surface area contributed by atoms with Gasteiger partial charge in [-0.2, -0.15) is 0 Å². The van der Waals surface area contributed by atoms with Crippen molar-refractivity contribution in [1.82, 2.24) is 0 Å². The first-order valence-electron chi connectivity index (χ1n) is 5.20. The summed E-state index contributed by atoms with van der Waals surface area (Å²) in [4.78, 5) is 0. The van der Waals surface area contributed by atoms with Crippen LogP contribution in [0.1, 0.15) is 52.4 Å². The highest BCUT2D eigenvalue weighted by Gasteiger charge is 1.93. The van der Waals surface area contributed by atoms with Crippen molar-refractivity contribution in [3.63, 3.8) is 0 Å². The number of halogens is 1. The molecular weight excluding hydrogens is 163 g/mol. The Morgan fingerprint density at radius 1 is 1.23 bits per heavy atom. The van der Waals surface area contributed by atoms with Crippen molar-refractivity contribution >= 4 is 0 Å². The molecule has 0 saturated heterocycles. The second-order valence-electron chi connectivity index (χ2n) is 3.54. The summed E-state index contributed by atoms with van der Waals surface area (Å²) in [5.74, 6) is -0.143. The number of rotatable bonds is 7. The summed E-state index contributed by atoms with van der Waals surface area (Å²) < 4.78 is 12.9. The van der Waals surface area contributed by atoms with Gasteiger partial charge in [-0.05, 0) is 31.4 Å². The molecule has 0 heterocycles. The molecule has 0 rings (SSSR count). The molecule has 0 bridgehead atoms. The van der Waals surface area contributed by atoms with Crippen LogP contribution in [0.3, 0.4) is 0 Å². The zero-order valence-electron chi connectivity index (χ0n) is 8.91. The van der Waals surface area contributed by atoms with Crippen LogP contribution in [0, 0.1) is 0 Å². The summed E-state index contributed by atoms with van der Waals surface area (Å²) >= 11 is 0. The predicted molar refractivity (Wildman–Crippen MR) is 57.4 cm³/mol. The monoisotopic (exact) mass is 184 g/mol. The van der Waals surface area contributed by atoms with Crippen molar-refractivity contribution in [3.05, 3.63) is 24.1 Å². The molecule has 76 valence electrons. The van der Waals surface area contributed by atoms with Crippen molar-refractivity contribution in [1.29, 1.82) is 0 Å². The number of unbranched alkanes of at least 4 members (excludes halogenated alkanes) is 5. The fourth-order valence-corrected chi connectivity index (χ4v) is 1.15. The van der Waals surface area contributed by atoms with Gasteiger partial charge in [0.1, 0.15) is 5.83 Å². The fraction of sp³-hybridized carbons (Fsp3) is 0.667. The number of hydrogen-bond acceptors (Lipinski definition) is 0. The van der Waals surface area contributed by atoms with Crippen molar-refractivity contribution in [2.75, 3.05) is 0 Å². The topological polar surface area (TPSA) is 0 Å². The molecule has 0 amide bonds. The highest BCUT2D eigenvalue weighted by molar-refractivity contribution is 5.18. The second-order valence-corrected chi connectivity index (χ2v) is 3.54. The van der Waals surface area contributed by atoms with Crippen LogP contribution in [0.15, 0.2) is 24.1 Å². The third-order valence-corrected chi connectivity index (χ3v) is 2.04. The normalized spacial score (nSPS) is 11.8. The van der Waals surface area contributed by atoms with Crippen LogP contribution in [-0.2, 0) is 0 Å². The first kappa shape index (κ1) is 12.4. The van der Waals surface area contributed by atoms with E-state index >= 15 is 0 Å². The Kier molecular flexibility index (Phi) is 7.66. The molecule has 0 N–H and O–H groups in total. The lowest BCUT2D eigenvalue weighted by Gasteiger charge is -1.97. The summed E-state index contributed by atoms with van der Waals surface area (Å²) in [6.07, 6.45) is 8.65. The summed E-state index contributed by atoms with van der Waals surface area (Å²) in [7, 11) is 0. The minimum atomic E-state index is -0.143. The van der Waals surface area contributed by atoms with Crippen LogP contribution < -0.4 is 0 Å². The molecule has 13 heavy (non-hydrogen) atoms. The van der Waals surface area contributed by atoms with Crippen LogP contribution in [0.5, 0.6) is 0 Å². The third-order valence-electron chi connectivity index (χ3n) is 2.04. The molecule has 0 fully saturated rings. The van der Waals surface area contributed by atoms with E-state index in [1.54, 1.807) is 13.0 Å². The maximum Gasteiger partial charge on any atom is 0.121 e. The maximum atomic E-state index is 12.9. The van der Waals surface area contributed by atoms with E-state index in [-0.39, 0.29) is 5.83 Å². The molecule has 1 heteroatoms. The largest absolute Gasteiger partial charge is 0.207 e. The molecule has 0 aliphatic carbocycles. The predicted octanol–water partition coefficient (Wildman–Crippen LogP) is 4.78. The highest BCUT2D eigenvalue weighted by Crippen LogP contribution is 2.11. The molecule has 0 saturated carbocycles. The smallest absolute Gasteiger partial charge is 0.121 e. The lowest BCUT2D eigenvalue weighted by Crippen LogP contribution is -1.78. The zero-order chi connectivity index (χ0) is 10.1. The van der Waals surface area contributed by atoms with Crippen LogP contribution in [-0.4, -0.2) is 0 Å². The summed E-state index contributed by atoms with van der Waals surface area (Å²) in [5.41, 5.74) is 0.536. The van der Waals surface area contributed by atoms with Crippen LogP contribution in [0.2, 0.25) is 0 Å². The molecule has 0 aliphatic rings. The first-order chi connectivity index (χ1) is 6.18. The second kappa shape index (κ2) is 8.03. The Morgan fingerprint density at radius 3 is 2.38 bits per heavy atom. The molecule has 0 aromatic heterocycles. The van der Waals surface area contributed by atoms with Gasteiger partial charge in [0.2, 0.25) is 0 Å². The van der Waals surface area contributed by atoms with E-state index in [0.717, 1.165) is 12.8 Å². The molecular formula is C12H21F. The van der Waals surface area contributed by atoms with E-state index in [4.69, 9.17) is 0 Å². The number of hydrogen-bond donors (Lipinski definition) is 0. The quantitative estimate of drug-likeness (QED) is 0.394. The standard InChI is InChI=1S/C12H21F/c1-4-5-6-7-8-9-10-12(13)11(2)3/h10H,2,4-9H2,1,3H3/b12-10-. The van der Waals surface area contributed by atoms with E-state index in [9.17, 15) is 4.39 Å². The SMILES string of the molecule is C=C(C)/C(F)=C/CCCCCCC. The Hall–Kier alpha value is -0.590. The van der Waals surface area contributed by atoms with Gasteiger partial charge in [-0.15, -0.1) is 0 Å². The van der Waals surface area contributed by atoms with E-state index in [2.05, 4.69) is 13.5 Å². The lowest BCUT2D eigenvalue weighted by atomic mass is 10.1. The average Bonchev–Trinajstić information content (AvgIpc) is 2.10. The minimum absolute atomic E-state index is 0.143. The van der Waals surface area contributed by atoms with Crippen molar-refractivity contribution in [2.45, 2.75) is 52.4 Å². The fourth-order valence-electron chi connectivity index (χ4n) is 1.15. The zero-order valence-corrected chi connectivity index (χ0v) is 8.91. The van der Waals surface area contributed by atoms with Gasteiger partial charge in [-0.25, -0.2) is 4.39 Å². The van der Waals surface area contributed by atoms with Crippen LogP contribution in [0.25, 0.3) is 0 Å². The molecule has 0 spiro atoms. The van der Waals surface area contributed by atoms with Crippen molar-refractivity contribution < 1.29 is 4.39 Å².